The molecule has 1 aliphatic rings. The van der Waals surface area contributed by atoms with Crippen LogP contribution in [0.4, 0.5) is 5.69 Å². The Kier molecular flexibility index (Phi) is 4.52. The number of aryl methyl sites for hydroxylation is 1. The van der Waals surface area contributed by atoms with E-state index < -0.39 is 0 Å². The number of para-hydroxylation sites is 1. The van der Waals surface area contributed by atoms with Gasteiger partial charge in [-0.3, -0.25) is 14.5 Å². The molecule has 0 unspecified atom stereocenters. The van der Waals surface area contributed by atoms with Crippen LogP contribution in [0.5, 0.6) is 0 Å². The van der Waals surface area contributed by atoms with Crippen LogP contribution in [0.2, 0.25) is 0 Å². The van der Waals surface area contributed by atoms with Crippen LogP contribution in [0.25, 0.3) is 0 Å². The predicted octanol–water partition coefficient (Wildman–Crippen LogP) is 0.619. The highest BCUT2D eigenvalue weighted by Crippen LogP contribution is 2.15. The Labute approximate surface area is 113 Å². The third kappa shape index (κ3) is 3.79. The van der Waals surface area contributed by atoms with Crippen molar-refractivity contribution in [2.75, 3.05) is 31.5 Å². The number of hydrogen-bond acceptors (Lipinski definition) is 3. The standard InChI is InChI=1S/C14H19N3O2/c1-2-11-5-3-4-6-12(11)16-14(19)10-17-8-7-15-13(18)9-17/h3-6H,2,7-10H2,1H3,(H,15,18)(H,16,19). The van der Waals surface area contributed by atoms with Crippen molar-refractivity contribution >= 4 is 17.5 Å². The van der Waals surface area contributed by atoms with E-state index >= 15 is 0 Å². The van der Waals surface area contributed by atoms with Gasteiger partial charge in [-0.2, -0.15) is 0 Å². The van der Waals surface area contributed by atoms with Crippen molar-refractivity contribution < 1.29 is 9.59 Å². The van der Waals surface area contributed by atoms with Gasteiger partial charge in [-0.25, -0.2) is 0 Å². The van der Waals surface area contributed by atoms with Crippen molar-refractivity contribution in [3.63, 3.8) is 0 Å². The lowest BCUT2D eigenvalue weighted by Gasteiger charge is -2.25. The summed E-state index contributed by atoms with van der Waals surface area (Å²) in [6.45, 7) is 3.93. The normalized spacial score (nSPS) is 15.9. The third-order valence-corrected chi connectivity index (χ3v) is 3.16. The molecule has 2 amide bonds. The molecule has 1 fully saturated rings. The van der Waals surface area contributed by atoms with Crippen molar-refractivity contribution in [3.8, 4) is 0 Å². The quantitative estimate of drug-likeness (QED) is 0.835. The fourth-order valence-corrected chi connectivity index (χ4v) is 2.17. The number of benzene rings is 1. The molecule has 0 saturated carbocycles. The van der Waals surface area contributed by atoms with Crippen LogP contribution in [-0.2, 0) is 16.0 Å². The first-order chi connectivity index (χ1) is 9.19. The average molecular weight is 261 g/mol. The van der Waals surface area contributed by atoms with Gasteiger partial charge in [0.25, 0.3) is 0 Å². The van der Waals surface area contributed by atoms with E-state index in [1.165, 1.54) is 0 Å². The number of hydrogen-bond donors (Lipinski definition) is 2. The molecule has 0 aromatic heterocycles. The third-order valence-electron chi connectivity index (χ3n) is 3.16. The first-order valence-corrected chi connectivity index (χ1v) is 6.56. The molecule has 1 aliphatic heterocycles. The molecule has 102 valence electrons. The molecular weight excluding hydrogens is 242 g/mol. The Hall–Kier alpha value is -1.88. The van der Waals surface area contributed by atoms with Crippen molar-refractivity contribution in [1.82, 2.24) is 10.2 Å². The van der Waals surface area contributed by atoms with E-state index in [0.717, 1.165) is 17.7 Å². The van der Waals surface area contributed by atoms with Crippen molar-refractivity contribution in [1.29, 1.82) is 0 Å². The van der Waals surface area contributed by atoms with E-state index in [1.54, 1.807) is 0 Å². The van der Waals surface area contributed by atoms with Crippen LogP contribution in [0.3, 0.4) is 0 Å². The predicted molar refractivity (Wildman–Crippen MR) is 73.9 cm³/mol. The van der Waals surface area contributed by atoms with E-state index in [-0.39, 0.29) is 18.4 Å². The van der Waals surface area contributed by atoms with Gasteiger partial charge in [0.15, 0.2) is 0 Å². The average Bonchev–Trinajstić information content (AvgIpc) is 2.39. The van der Waals surface area contributed by atoms with Crippen LogP contribution >= 0.6 is 0 Å². The molecule has 2 rings (SSSR count). The van der Waals surface area contributed by atoms with Crippen LogP contribution in [0.1, 0.15) is 12.5 Å². The fourth-order valence-electron chi connectivity index (χ4n) is 2.17. The Morgan fingerprint density at radius 2 is 2.21 bits per heavy atom. The maximum absolute atomic E-state index is 12.0. The Morgan fingerprint density at radius 3 is 2.95 bits per heavy atom. The molecule has 0 bridgehead atoms. The van der Waals surface area contributed by atoms with Gasteiger partial charge < -0.3 is 10.6 Å². The molecule has 1 aromatic carbocycles. The first kappa shape index (κ1) is 13.5. The number of carbonyl (C=O) groups excluding carboxylic acids is 2. The maximum atomic E-state index is 12.0. The zero-order chi connectivity index (χ0) is 13.7. The highest BCUT2D eigenvalue weighted by atomic mass is 16.2. The first-order valence-electron chi connectivity index (χ1n) is 6.56. The molecule has 1 heterocycles. The zero-order valence-corrected chi connectivity index (χ0v) is 11.1. The summed E-state index contributed by atoms with van der Waals surface area (Å²) in [6.07, 6.45) is 0.878. The second kappa shape index (κ2) is 6.33. The molecule has 2 N–H and O–H groups in total. The second-order valence-corrected chi connectivity index (χ2v) is 4.62. The summed E-state index contributed by atoms with van der Waals surface area (Å²) < 4.78 is 0. The second-order valence-electron chi connectivity index (χ2n) is 4.62. The van der Waals surface area contributed by atoms with Crippen LogP contribution in [0.15, 0.2) is 24.3 Å². The SMILES string of the molecule is CCc1ccccc1NC(=O)CN1CCNC(=O)C1. The minimum atomic E-state index is -0.0735. The summed E-state index contributed by atoms with van der Waals surface area (Å²) in [5.74, 6) is -0.0939. The minimum Gasteiger partial charge on any atom is -0.354 e. The fraction of sp³-hybridized carbons (Fsp3) is 0.429. The summed E-state index contributed by atoms with van der Waals surface area (Å²) >= 11 is 0. The Balaban J connectivity index is 1.92. The number of nitrogens with zero attached hydrogens (tertiary/aromatic N) is 1. The number of carbonyl (C=O) groups is 2. The molecule has 0 radical (unpaired) electrons. The molecule has 0 atom stereocenters. The molecule has 0 aliphatic carbocycles. The molecule has 5 nitrogen and oxygen atoms in total. The number of piperazine rings is 1. The topological polar surface area (TPSA) is 61.4 Å². The lowest BCUT2D eigenvalue weighted by atomic mass is 10.1. The molecular formula is C14H19N3O2. The molecule has 1 saturated heterocycles. The number of amides is 2. The van der Waals surface area contributed by atoms with Gasteiger partial charge in [-0.1, -0.05) is 25.1 Å². The van der Waals surface area contributed by atoms with Gasteiger partial charge in [-0.05, 0) is 18.1 Å². The smallest absolute Gasteiger partial charge is 0.238 e. The van der Waals surface area contributed by atoms with E-state index in [2.05, 4.69) is 17.6 Å². The van der Waals surface area contributed by atoms with Crippen LogP contribution in [0, 0.1) is 0 Å². The summed E-state index contributed by atoms with van der Waals surface area (Å²) in [4.78, 5) is 25.1. The number of rotatable bonds is 4. The minimum absolute atomic E-state index is 0.0204. The summed E-state index contributed by atoms with van der Waals surface area (Å²) in [6, 6.07) is 7.77. The van der Waals surface area contributed by atoms with E-state index in [9.17, 15) is 9.59 Å². The number of nitrogens with one attached hydrogen (secondary N) is 2. The van der Waals surface area contributed by atoms with Gasteiger partial charge in [0.05, 0.1) is 13.1 Å². The Bertz CT molecular complexity index is 474. The molecule has 1 aromatic rings. The van der Waals surface area contributed by atoms with E-state index in [4.69, 9.17) is 0 Å². The van der Waals surface area contributed by atoms with Crippen LogP contribution in [-0.4, -0.2) is 42.9 Å². The highest BCUT2D eigenvalue weighted by Gasteiger charge is 2.18. The lowest BCUT2D eigenvalue weighted by Crippen LogP contribution is -2.49. The summed E-state index contributed by atoms with van der Waals surface area (Å²) in [5, 5.41) is 5.65. The highest BCUT2D eigenvalue weighted by molar-refractivity contribution is 5.93. The van der Waals surface area contributed by atoms with Crippen molar-refractivity contribution in [2.45, 2.75) is 13.3 Å². The largest absolute Gasteiger partial charge is 0.354 e. The van der Waals surface area contributed by atoms with E-state index in [0.29, 0.717) is 19.6 Å². The van der Waals surface area contributed by atoms with E-state index in [1.807, 2.05) is 29.2 Å². The van der Waals surface area contributed by atoms with Gasteiger partial charge in [-0.15, -0.1) is 0 Å². The van der Waals surface area contributed by atoms with Gasteiger partial charge in [0, 0.05) is 18.8 Å². The Morgan fingerprint density at radius 1 is 1.42 bits per heavy atom. The zero-order valence-electron chi connectivity index (χ0n) is 11.1. The molecule has 0 spiro atoms. The molecule has 19 heavy (non-hydrogen) atoms. The number of anilines is 1. The van der Waals surface area contributed by atoms with Crippen molar-refractivity contribution in [3.05, 3.63) is 29.8 Å². The van der Waals surface area contributed by atoms with Crippen LogP contribution < -0.4 is 10.6 Å². The molecule has 5 heteroatoms. The maximum Gasteiger partial charge on any atom is 0.238 e. The van der Waals surface area contributed by atoms with Gasteiger partial charge in [0.1, 0.15) is 0 Å². The monoisotopic (exact) mass is 261 g/mol. The van der Waals surface area contributed by atoms with Gasteiger partial charge in [0.2, 0.25) is 11.8 Å². The lowest BCUT2D eigenvalue weighted by molar-refractivity contribution is -0.125. The summed E-state index contributed by atoms with van der Waals surface area (Å²) in [7, 11) is 0. The van der Waals surface area contributed by atoms with Gasteiger partial charge >= 0.3 is 0 Å². The van der Waals surface area contributed by atoms with Crippen molar-refractivity contribution in [2.24, 2.45) is 0 Å². The summed E-state index contributed by atoms with van der Waals surface area (Å²) in [5.41, 5.74) is 1.98.